The van der Waals surface area contributed by atoms with E-state index in [0.29, 0.717) is 49.4 Å². The molecule has 2 aromatic carbocycles. The Bertz CT molecular complexity index is 1490. The van der Waals surface area contributed by atoms with Crippen LogP contribution in [0.25, 0.3) is 10.9 Å². The average molecular weight is 529 g/mol. The van der Waals surface area contributed by atoms with Gasteiger partial charge in [-0.05, 0) is 54.3 Å². The maximum absolute atomic E-state index is 13.4. The molecule has 204 valence electrons. The van der Waals surface area contributed by atoms with E-state index in [1.54, 1.807) is 0 Å². The second-order valence-corrected chi connectivity index (χ2v) is 10.8. The van der Waals surface area contributed by atoms with Crippen molar-refractivity contribution in [2.75, 3.05) is 13.2 Å². The molecule has 9 nitrogen and oxygen atoms in total. The van der Waals surface area contributed by atoms with Crippen molar-refractivity contribution in [1.82, 2.24) is 30.1 Å². The van der Waals surface area contributed by atoms with Crippen molar-refractivity contribution in [1.29, 1.82) is 0 Å². The van der Waals surface area contributed by atoms with E-state index in [-0.39, 0.29) is 11.6 Å². The Kier molecular flexibility index (Phi) is 7.32. The molecule has 0 amide bonds. The van der Waals surface area contributed by atoms with E-state index in [9.17, 15) is 4.79 Å². The lowest BCUT2D eigenvalue weighted by Gasteiger charge is -2.31. The number of nitrogens with one attached hydrogen (secondary N) is 1. The van der Waals surface area contributed by atoms with Gasteiger partial charge in [-0.25, -0.2) is 4.68 Å². The molecule has 6 rings (SSSR count). The molecule has 1 atom stereocenters. The zero-order valence-corrected chi connectivity index (χ0v) is 22.7. The van der Waals surface area contributed by atoms with Gasteiger partial charge in [0.05, 0.1) is 17.6 Å². The minimum atomic E-state index is -0.0984. The van der Waals surface area contributed by atoms with E-state index in [1.807, 2.05) is 18.2 Å². The number of pyridine rings is 1. The maximum atomic E-state index is 13.4. The second-order valence-electron chi connectivity index (χ2n) is 10.8. The molecule has 9 heteroatoms. The average Bonchev–Trinajstić information content (AvgIpc) is 3.64. The van der Waals surface area contributed by atoms with Gasteiger partial charge in [0, 0.05) is 30.1 Å². The first-order valence-corrected chi connectivity index (χ1v) is 14.1. The molecule has 4 aromatic rings. The highest BCUT2D eigenvalue weighted by Crippen LogP contribution is 2.36. The van der Waals surface area contributed by atoms with Gasteiger partial charge in [0.25, 0.3) is 5.56 Å². The molecular formula is C30H36N6O3. The Morgan fingerprint density at radius 3 is 2.54 bits per heavy atom. The van der Waals surface area contributed by atoms with Crippen LogP contribution in [0.15, 0.2) is 47.3 Å². The number of benzene rings is 2. The number of hydrogen-bond acceptors (Lipinski definition) is 7. The van der Waals surface area contributed by atoms with E-state index in [1.165, 1.54) is 24.0 Å². The summed E-state index contributed by atoms with van der Waals surface area (Å²) in [4.78, 5) is 18.8. The molecule has 0 radical (unpaired) electrons. The molecule has 1 aliphatic carbocycles. The van der Waals surface area contributed by atoms with Gasteiger partial charge in [-0.2, -0.15) is 0 Å². The second kappa shape index (κ2) is 11.2. The fourth-order valence-corrected chi connectivity index (χ4v) is 5.91. The van der Waals surface area contributed by atoms with Crippen molar-refractivity contribution in [3.05, 3.63) is 75.3 Å². The van der Waals surface area contributed by atoms with Crippen LogP contribution >= 0.6 is 0 Å². The summed E-state index contributed by atoms with van der Waals surface area (Å²) in [7, 11) is 0. The van der Waals surface area contributed by atoms with Crippen LogP contribution in [-0.4, -0.2) is 43.3 Å². The van der Waals surface area contributed by atoms with Crippen LogP contribution in [0.5, 0.6) is 11.5 Å². The van der Waals surface area contributed by atoms with Gasteiger partial charge in [-0.1, -0.05) is 56.0 Å². The number of aryl methyl sites for hydroxylation is 1. The van der Waals surface area contributed by atoms with Crippen LogP contribution < -0.4 is 15.0 Å². The molecule has 1 aliphatic heterocycles. The number of hydrogen-bond donors (Lipinski definition) is 1. The zero-order chi connectivity index (χ0) is 26.8. The van der Waals surface area contributed by atoms with Gasteiger partial charge >= 0.3 is 0 Å². The summed E-state index contributed by atoms with van der Waals surface area (Å²) in [5.74, 6) is 2.27. The van der Waals surface area contributed by atoms with E-state index in [4.69, 9.17) is 9.47 Å². The van der Waals surface area contributed by atoms with Crippen LogP contribution in [0, 0.1) is 6.92 Å². The highest BCUT2D eigenvalue weighted by molar-refractivity contribution is 5.83. The fraction of sp³-hybridized carbons (Fsp3) is 0.467. The number of aromatic nitrogens is 5. The van der Waals surface area contributed by atoms with Crippen LogP contribution in [0.1, 0.15) is 80.0 Å². The molecule has 39 heavy (non-hydrogen) atoms. The van der Waals surface area contributed by atoms with Gasteiger partial charge in [0.2, 0.25) is 0 Å². The maximum Gasteiger partial charge on any atom is 0.252 e. The third-order valence-electron chi connectivity index (χ3n) is 7.95. The number of H-pyrrole nitrogens is 1. The van der Waals surface area contributed by atoms with Crippen molar-refractivity contribution in [3.8, 4) is 11.5 Å². The lowest BCUT2D eigenvalue weighted by atomic mass is 10.0. The van der Waals surface area contributed by atoms with Crippen molar-refractivity contribution >= 4 is 10.9 Å². The van der Waals surface area contributed by atoms with Crippen molar-refractivity contribution < 1.29 is 9.47 Å². The molecule has 2 aliphatic rings. The van der Waals surface area contributed by atoms with E-state index >= 15 is 0 Å². The first kappa shape index (κ1) is 25.6. The normalized spacial score (nSPS) is 16.3. The Labute approximate surface area is 228 Å². The highest BCUT2D eigenvalue weighted by Gasteiger charge is 2.30. The molecule has 3 heterocycles. The SMILES string of the molecule is CCC[C@@H](c1nnnn1C1CCCC1)N(Cc1ccc(C)cc1)Cc1cc2cc3c(cc2[nH]c1=O)OCCO3. The van der Waals surface area contributed by atoms with E-state index in [0.717, 1.165) is 42.4 Å². The number of tetrazole rings is 1. The largest absolute Gasteiger partial charge is 0.486 e. The standard InChI is InChI=1S/C30H36N6O3/c1-3-6-26(29-32-33-34-36(29)24-7-4-5-8-24)35(18-21-11-9-20(2)10-12-21)19-23-15-22-16-27-28(39-14-13-38-27)17-25(22)31-30(23)37/h9-12,15-17,24,26H,3-8,13-14,18-19H2,1-2H3,(H,31,37)/t26-/m0/s1. The highest BCUT2D eigenvalue weighted by atomic mass is 16.6. The van der Waals surface area contributed by atoms with Crippen LogP contribution in [0.4, 0.5) is 0 Å². The first-order valence-electron chi connectivity index (χ1n) is 14.1. The quantitative estimate of drug-likeness (QED) is 0.317. The van der Waals surface area contributed by atoms with Gasteiger partial charge in [-0.3, -0.25) is 9.69 Å². The van der Waals surface area contributed by atoms with Gasteiger partial charge in [0.1, 0.15) is 13.2 Å². The summed E-state index contributed by atoms with van der Waals surface area (Å²) in [5, 5.41) is 14.0. The molecular weight excluding hydrogens is 492 g/mol. The predicted octanol–water partition coefficient (Wildman–Crippen LogP) is 5.25. The summed E-state index contributed by atoms with van der Waals surface area (Å²) in [6.07, 6.45) is 6.50. The summed E-state index contributed by atoms with van der Waals surface area (Å²) in [6, 6.07) is 14.7. The first-order chi connectivity index (χ1) is 19.1. The molecule has 1 N–H and O–H groups in total. The lowest BCUT2D eigenvalue weighted by molar-refractivity contribution is 0.153. The predicted molar refractivity (Wildman–Crippen MR) is 149 cm³/mol. The number of fused-ring (bicyclic) bond motifs is 2. The van der Waals surface area contributed by atoms with E-state index in [2.05, 4.69) is 68.2 Å². The summed E-state index contributed by atoms with van der Waals surface area (Å²) in [5.41, 5.74) is 3.76. The molecule has 0 spiro atoms. The topological polar surface area (TPSA) is 98.2 Å². The van der Waals surface area contributed by atoms with Crippen LogP contribution in [0.3, 0.4) is 0 Å². The van der Waals surface area contributed by atoms with Crippen molar-refractivity contribution in [2.45, 2.75) is 77.5 Å². The van der Waals surface area contributed by atoms with Gasteiger partial charge in [0.15, 0.2) is 17.3 Å². The molecule has 0 unspecified atom stereocenters. The Morgan fingerprint density at radius 1 is 1.05 bits per heavy atom. The third kappa shape index (κ3) is 5.41. The number of aromatic amines is 1. The smallest absolute Gasteiger partial charge is 0.252 e. The number of ether oxygens (including phenoxy) is 2. The molecule has 0 bridgehead atoms. The van der Waals surface area contributed by atoms with Crippen LogP contribution in [0.2, 0.25) is 0 Å². The molecule has 1 saturated carbocycles. The molecule has 2 aromatic heterocycles. The molecule has 1 fully saturated rings. The van der Waals surface area contributed by atoms with E-state index < -0.39 is 0 Å². The fourth-order valence-electron chi connectivity index (χ4n) is 5.91. The van der Waals surface area contributed by atoms with Gasteiger partial charge < -0.3 is 14.5 Å². The number of nitrogens with zero attached hydrogens (tertiary/aromatic N) is 5. The lowest BCUT2D eigenvalue weighted by Crippen LogP contribution is -2.33. The van der Waals surface area contributed by atoms with Crippen LogP contribution in [-0.2, 0) is 13.1 Å². The Morgan fingerprint density at radius 2 is 1.79 bits per heavy atom. The summed E-state index contributed by atoms with van der Waals surface area (Å²) in [6.45, 7) is 6.46. The Hall–Kier alpha value is -3.72. The van der Waals surface area contributed by atoms with Crippen molar-refractivity contribution in [3.63, 3.8) is 0 Å². The van der Waals surface area contributed by atoms with Gasteiger partial charge in [-0.15, -0.1) is 5.10 Å². The minimum absolute atomic E-state index is 0.0257. The van der Waals surface area contributed by atoms with Crippen molar-refractivity contribution in [2.24, 2.45) is 0 Å². The third-order valence-corrected chi connectivity index (χ3v) is 7.95. The minimum Gasteiger partial charge on any atom is -0.486 e. The summed E-state index contributed by atoms with van der Waals surface area (Å²) >= 11 is 0. The summed E-state index contributed by atoms with van der Waals surface area (Å²) < 4.78 is 13.6. The number of rotatable bonds is 9. The monoisotopic (exact) mass is 528 g/mol. The molecule has 0 saturated heterocycles. The Balaban J connectivity index is 1.39. The zero-order valence-electron chi connectivity index (χ0n) is 22.7.